The number of carbonyl (C=O) groups excluding carboxylic acids is 1. The van der Waals surface area contributed by atoms with Crippen LogP contribution in [0, 0.1) is 17.0 Å². The molecule has 0 saturated heterocycles. The third kappa shape index (κ3) is 3.92. The summed E-state index contributed by atoms with van der Waals surface area (Å²) in [5, 5.41) is 16.5. The molecule has 0 saturated carbocycles. The van der Waals surface area contributed by atoms with Gasteiger partial charge in [-0.15, -0.1) is 0 Å². The number of anilines is 1. The lowest BCUT2D eigenvalue weighted by Crippen LogP contribution is -2.37. The Balaban J connectivity index is 2.94. The largest absolute Gasteiger partial charge is 0.373 e. The van der Waals surface area contributed by atoms with E-state index in [4.69, 9.17) is 0 Å². The smallest absolute Gasteiger partial charge is 0.273 e. The first-order valence-corrected chi connectivity index (χ1v) is 6.64. The number of halogens is 1. The number of likely N-dealkylation sites (N-methyl/N-ethyl adjacent to an activating group) is 1. The minimum atomic E-state index is -0.433. The van der Waals surface area contributed by atoms with Gasteiger partial charge in [0, 0.05) is 28.3 Å². The first-order chi connectivity index (χ1) is 8.86. The highest BCUT2D eigenvalue weighted by Crippen LogP contribution is 2.30. The number of carbonyl (C=O) groups is 1. The van der Waals surface area contributed by atoms with Gasteiger partial charge in [0.1, 0.15) is 6.04 Å². The monoisotopic (exact) mass is 329 g/mol. The van der Waals surface area contributed by atoms with Gasteiger partial charge in [-0.1, -0.05) is 0 Å². The third-order valence-corrected chi connectivity index (χ3v) is 3.25. The first-order valence-electron chi connectivity index (χ1n) is 5.85. The van der Waals surface area contributed by atoms with E-state index in [1.165, 1.54) is 6.07 Å². The van der Waals surface area contributed by atoms with Crippen LogP contribution in [0.15, 0.2) is 16.6 Å². The second kappa shape index (κ2) is 6.51. The molecule has 0 aliphatic rings. The number of amides is 1. The molecule has 0 aliphatic carbocycles. The topological polar surface area (TPSA) is 84.3 Å². The molecule has 2 N–H and O–H groups in total. The Labute approximate surface area is 119 Å². The summed E-state index contributed by atoms with van der Waals surface area (Å²) in [6.07, 6.45) is 0. The molecular weight excluding hydrogens is 314 g/mol. The van der Waals surface area contributed by atoms with E-state index >= 15 is 0 Å². The fourth-order valence-corrected chi connectivity index (χ4v) is 2.05. The Morgan fingerprint density at radius 3 is 2.68 bits per heavy atom. The molecule has 0 aliphatic heterocycles. The Bertz CT molecular complexity index is 505. The van der Waals surface area contributed by atoms with E-state index in [9.17, 15) is 14.9 Å². The molecular formula is C12H16BrN3O3. The number of nitro groups is 1. The van der Waals surface area contributed by atoms with Crippen LogP contribution in [0.25, 0.3) is 0 Å². The van der Waals surface area contributed by atoms with Crippen LogP contribution in [0.2, 0.25) is 0 Å². The van der Waals surface area contributed by atoms with Crippen molar-refractivity contribution in [2.24, 2.45) is 0 Å². The molecule has 0 heterocycles. The molecule has 7 heteroatoms. The van der Waals surface area contributed by atoms with Gasteiger partial charge in [-0.05, 0) is 42.8 Å². The Morgan fingerprint density at radius 1 is 1.53 bits per heavy atom. The summed E-state index contributed by atoms with van der Waals surface area (Å²) in [5.41, 5.74) is 1.24. The lowest BCUT2D eigenvalue weighted by molar-refractivity contribution is -0.385. The van der Waals surface area contributed by atoms with E-state index in [2.05, 4.69) is 26.6 Å². The van der Waals surface area contributed by atoms with Crippen LogP contribution < -0.4 is 10.6 Å². The minimum Gasteiger partial charge on any atom is -0.373 e. The summed E-state index contributed by atoms with van der Waals surface area (Å²) in [4.78, 5) is 22.0. The van der Waals surface area contributed by atoms with Gasteiger partial charge in [-0.2, -0.15) is 0 Å². The van der Waals surface area contributed by atoms with Gasteiger partial charge in [0.25, 0.3) is 5.69 Å². The average Bonchev–Trinajstić information content (AvgIpc) is 2.33. The van der Waals surface area contributed by atoms with E-state index in [0.717, 1.165) is 0 Å². The number of hydrogen-bond acceptors (Lipinski definition) is 4. The van der Waals surface area contributed by atoms with E-state index in [0.29, 0.717) is 22.3 Å². The fraction of sp³-hybridized carbons (Fsp3) is 0.417. The van der Waals surface area contributed by atoms with Gasteiger partial charge in [-0.3, -0.25) is 14.9 Å². The average molecular weight is 330 g/mol. The summed E-state index contributed by atoms with van der Waals surface area (Å²) in [7, 11) is 0. The number of aryl methyl sites for hydroxylation is 1. The molecule has 1 unspecified atom stereocenters. The van der Waals surface area contributed by atoms with Gasteiger partial charge >= 0.3 is 0 Å². The van der Waals surface area contributed by atoms with Crippen molar-refractivity contribution in [3.8, 4) is 0 Å². The molecule has 0 fully saturated rings. The van der Waals surface area contributed by atoms with Gasteiger partial charge < -0.3 is 10.6 Å². The van der Waals surface area contributed by atoms with Gasteiger partial charge in [0.15, 0.2) is 0 Å². The quantitative estimate of drug-likeness (QED) is 0.642. The summed E-state index contributed by atoms with van der Waals surface area (Å²) in [6.45, 7) is 5.79. The molecule has 6 nitrogen and oxygen atoms in total. The van der Waals surface area contributed by atoms with E-state index in [-0.39, 0.29) is 11.6 Å². The molecule has 104 valence electrons. The van der Waals surface area contributed by atoms with Crippen LogP contribution in [0.1, 0.15) is 19.4 Å². The zero-order chi connectivity index (χ0) is 14.6. The van der Waals surface area contributed by atoms with Crippen molar-refractivity contribution in [2.45, 2.75) is 26.8 Å². The molecule has 1 amide bonds. The lowest BCUT2D eigenvalue weighted by Gasteiger charge is -2.16. The second-order valence-corrected chi connectivity index (χ2v) is 4.99. The zero-order valence-electron chi connectivity index (χ0n) is 11.0. The minimum absolute atomic E-state index is 0.0445. The molecule has 0 bridgehead atoms. The summed E-state index contributed by atoms with van der Waals surface area (Å²) in [5.74, 6) is -0.120. The number of nitrogens with one attached hydrogen (secondary N) is 2. The van der Waals surface area contributed by atoms with E-state index in [1.807, 2.05) is 6.92 Å². The Hall–Kier alpha value is -1.63. The highest BCUT2D eigenvalue weighted by atomic mass is 79.9. The third-order valence-electron chi connectivity index (χ3n) is 2.60. The van der Waals surface area contributed by atoms with Gasteiger partial charge in [0.2, 0.25) is 5.91 Å². The SMILES string of the molecule is CCNC(=O)C(C)Nc1cc(C)c([N+](=O)[O-])cc1Br. The van der Waals surface area contributed by atoms with Crippen LogP contribution in [-0.4, -0.2) is 23.4 Å². The maximum atomic E-state index is 11.6. The zero-order valence-corrected chi connectivity index (χ0v) is 12.6. The maximum absolute atomic E-state index is 11.6. The Kier molecular flexibility index (Phi) is 5.29. The number of hydrogen-bond donors (Lipinski definition) is 2. The summed E-state index contributed by atoms with van der Waals surface area (Å²) < 4.78 is 0.556. The number of benzene rings is 1. The van der Waals surface area contributed by atoms with Crippen molar-refractivity contribution in [1.82, 2.24) is 5.32 Å². The molecule has 0 radical (unpaired) electrons. The number of rotatable bonds is 5. The van der Waals surface area contributed by atoms with Crippen molar-refractivity contribution >= 4 is 33.2 Å². The van der Waals surface area contributed by atoms with Crippen molar-refractivity contribution in [1.29, 1.82) is 0 Å². The van der Waals surface area contributed by atoms with E-state index < -0.39 is 11.0 Å². The van der Waals surface area contributed by atoms with E-state index in [1.54, 1.807) is 19.9 Å². The summed E-state index contributed by atoms with van der Waals surface area (Å²) >= 11 is 3.27. The van der Waals surface area contributed by atoms with Gasteiger partial charge in [-0.25, -0.2) is 0 Å². The van der Waals surface area contributed by atoms with Crippen LogP contribution >= 0.6 is 15.9 Å². The van der Waals surface area contributed by atoms with Gasteiger partial charge in [0.05, 0.1) is 4.92 Å². The molecule has 1 aromatic rings. The normalized spacial score (nSPS) is 11.8. The number of nitrogens with zero attached hydrogens (tertiary/aromatic N) is 1. The van der Waals surface area contributed by atoms with Crippen LogP contribution in [0.5, 0.6) is 0 Å². The Morgan fingerprint density at radius 2 is 2.16 bits per heavy atom. The first kappa shape index (κ1) is 15.4. The molecule has 0 aromatic heterocycles. The number of nitro benzene ring substituents is 1. The van der Waals surface area contributed by atoms with Crippen LogP contribution in [-0.2, 0) is 4.79 Å². The molecule has 1 aromatic carbocycles. The van der Waals surface area contributed by atoms with Crippen LogP contribution in [0.3, 0.4) is 0 Å². The molecule has 0 spiro atoms. The summed E-state index contributed by atoms with van der Waals surface area (Å²) in [6, 6.07) is 2.66. The highest BCUT2D eigenvalue weighted by Gasteiger charge is 2.17. The molecule has 19 heavy (non-hydrogen) atoms. The second-order valence-electron chi connectivity index (χ2n) is 4.14. The lowest BCUT2D eigenvalue weighted by atomic mass is 10.1. The van der Waals surface area contributed by atoms with Crippen molar-refractivity contribution in [3.05, 3.63) is 32.3 Å². The van der Waals surface area contributed by atoms with Crippen LogP contribution in [0.4, 0.5) is 11.4 Å². The fourth-order valence-electron chi connectivity index (χ4n) is 1.60. The molecule has 1 rings (SSSR count). The molecule has 1 atom stereocenters. The highest BCUT2D eigenvalue weighted by molar-refractivity contribution is 9.10. The van der Waals surface area contributed by atoms with Crippen molar-refractivity contribution in [2.75, 3.05) is 11.9 Å². The van der Waals surface area contributed by atoms with Crippen molar-refractivity contribution in [3.63, 3.8) is 0 Å². The standard InChI is InChI=1S/C12H16BrN3O3/c1-4-14-12(17)8(3)15-10-5-7(2)11(16(18)19)6-9(10)13/h5-6,8,15H,4H2,1-3H3,(H,14,17). The predicted octanol–water partition coefficient (Wildman–Crippen LogP) is 2.60. The maximum Gasteiger partial charge on any atom is 0.273 e. The van der Waals surface area contributed by atoms with Crippen molar-refractivity contribution < 1.29 is 9.72 Å². The predicted molar refractivity (Wildman–Crippen MR) is 77.3 cm³/mol.